The Kier molecular flexibility index (Phi) is 4.18. The molecule has 0 N–H and O–H groups in total. The van der Waals surface area contributed by atoms with Crippen LogP contribution in [0, 0.1) is 5.92 Å². The van der Waals surface area contributed by atoms with E-state index >= 15 is 0 Å². The first kappa shape index (κ1) is 11.9. The first-order valence-corrected chi connectivity index (χ1v) is 6.21. The Labute approximate surface area is 96.9 Å². The quantitative estimate of drug-likeness (QED) is 0.661. The molecule has 16 heavy (non-hydrogen) atoms. The van der Waals surface area contributed by atoms with Crippen LogP contribution in [-0.4, -0.2) is 50.3 Å². The Bertz CT molecular complexity index is 238. The Hall–Kier alpha value is -0.610. The third-order valence-electron chi connectivity index (χ3n) is 3.64. The molecule has 2 saturated heterocycles. The van der Waals surface area contributed by atoms with Crippen molar-refractivity contribution in [2.75, 3.05) is 33.4 Å². The highest BCUT2D eigenvalue weighted by Gasteiger charge is 2.31. The van der Waals surface area contributed by atoms with E-state index in [2.05, 4.69) is 4.90 Å². The molecule has 4 heteroatoms. The summed E-state index contributed by atoms with van der Waals surface area (Å²) in [6.45, 7) is 3.67. The zero-order chi connectivity index (χ0) is 11.4. The fourth-order valence-electron chi connectivity index (χ4n) is 2.71. The van der Waals surface area contributed by atoms with Gasteiger partial charge in [-0.15, -0.1) is 0 Å². The second-order valence-electron chi connectivity index (χ2n) is 4.73. The van der Waals surface area contributed by atoms with Crippen LogP contribution < -0.4 is 0 Å². The third kappa shape index (κ3) is 2.74. The fourth-order valence-corrected chi connectivity index (χ4v) is 2.71. The number of nitrogens with zero attached hydrogens (tertiary/aromatic N) is 1. The molecule has 0 bridgehead atoms. The van der Waals surface area contributed by atoms with E-state index in [1.165, 1.54) is 13.5 Å². The van der Waals surface area contributed by atoms with Crippen molar-refractivity contribution >= 4 is 5.97 Å². The molecule has 0 saturated carbocycles. The van der Waals surface area contributed by atoms with Gasteiger partial charge in [0.2, 0.25) is 0 Å². The average Bonchev–Trinajstić information content (AvgIpc) is 2.39. The second-order valence-corrected chi connectivity index (χ2v) is 4.73. The SMILES string of the molecule is COC(=O)[C@H]1CCCN(C2CCCOC2)C1. The lowest BCUT2D eigenvalue weighted by atomic mass is 9.95. The number of methoxy groups -OCH3 is 1. The monoisotopic (exact) mass is 227 g/mol. The summed E-state index contributed by atoms with van der Waals surface area (Å²) in [6, 6.07) is 0.515. The topological polar surface area (TPSA) is 38.8 Å². The van der Waals surface area contributed by atoms with Crippen LogP contribution in [0.5, 0.6) is 0 Å². The van der Waals surface area contributed by atoms with Gasteiger partial charge in [0.1, 0.15) is 0 Å². The fraction of sp³-hybridized carbons (Fsp3) is 0.917. The molecule has 92 valence electrons. The Morgan fingerprint density at radius 3 is 2.94 bits per heavy atom. The van der Waals surface area contributed by atoms with Crippen molar-refractivity contribution in [3.8, 4) is 0 Å². The summed E-state index contributed by atoms with van der Waals surface area (Å²) in [7, 11) is 1.48. The number of piperidine rings is 1. The van der Waals surface area contributed by atoms with E-state index in [0.717, 1.165) is 45.6 Å². The zero-order valence-electron chi connectivity index (χ0n) is 9.98. The van der Waals surface area contributed by atoms with Crippen LogP contribution in [0.4, 0.5) is 0 Å². The molecule has 0 aromatic heterocycles. The lowest BCUT2D eigenvalue weighted by Gasteiger charge is -2.38. The second kappa shape index (κ2) is 5.64. The summed E-state index contributed by atoms with van der Waals surface area (Å²) in [6.07, 6.45) is 4.41. The van der Waals surface area contributed by atoms with Gasteiger partial charge < -0.3 is 9.47 Å². The standard InChI is InChI=1S/C12H21NO3/c1-15-12(14)10-4-2-6-13(8-10)11-5-3-7-16-9-11/h10-11H,2-9H2,1H3/t10-,11?/m0/s1. The van der Waals surface area contributed by atoms with Gasteiger partial charge in [-0.3, -0.25) is 9.69 Å². The molecule has 0 spiro atoms. The van der Waals surface area contributed by atoms with Gasteiger partial charge in [0.05, 0.1) is 19.6 Å². The van der Waals surface area contributed by atoms with Crippen LogP contribution in [0.25, 0.3) is 0 Å². The maximum Gasteiger partial charge on any atom is 0.309 e. The third-order valence-corrected chi connectivity index (χ3v) is 3.64. The summed E-state index contributed by atoms with van der Waals surface area (Å²) in [5.41, 5.74) is 0. The maximum atomic E-state index is 11.5. The van der Waals surface area contributed by atoms with Crippen molar-refractivity contribution in [3.63, 3.8) is 0 Å². The predicted octanol–water partition coefficient (Wildman–Crippen LogP) is 1.05. The van der Waals surface area contributed by atoms with Crippen molar-refractivity contribution in [3.05, 3.63) is 0 Å². The molecule has 2 rings (SSSR count). The van der Waals surface area contributed by atoms with Crippen molar-refractivity contribution in [1.82, 2.24) is 4.90 Å². The molecule has 0 aromatic rings. The molecule has 0 aromatic carbocycles. The maximum absolute atomic E-state index is 11.5. The first-order valence-electron chi connectivity index (χ1n) is 6.21. The minimum absolute atomic E-state index is 0.0542. The van der Waals surface area contributed by atoms with E-state index in [0.29, 0.717) is 6.04 Å². The summed E-state index contributed by atoms with van der Waals surface area (Å²) >= 11 is 0. The molecular formula is C12H21NO3. The number of rotatable bonds is 2. The van der Waals surface area contributed by atoms with Gasteiger partial charge in [-0.1, -0.05) is 0 Å². The predicted molar refractivity (Wildman–Crippen MR) is 60.2 cm³/mol. The van der Waals surface area contributed by atoms with Crippen LogP contribution >= 0.6 is 0 Å². The highest BCUT2D eigenvalue weighted by molar-refractivity contribution is 5.72. The van der Waals surface area contributed by atoms with Crippen LogP contribution in [0.15, 0.2) is 0 Å². The highest BCUT2D eigenvalue weighted by Crippen LogP contribution is 2.22. The van der Waals surface area contributed by atoms with E-state index in [1.54, 1.807) is 0 Å². The number of hydrogen-bond donors (Lipinski definition) is 0. The molecular weight excluding hydrogens is 206 g/mol. The number of hydrogen-bond acceptors (Lipinski definition) is 4. The molecule has 2 atom stereocenters. The van der Waals surface area contributed by atoms with Crippen LogP contribution in [0.1, 0.15) is 25.7 Å². The van der Waals surface area contributed by atoms with Crippen molar-refractivity contribution in [1.29, 1.82) is 0 Å². The van der Waals surface area contributed by atoms with Crippen molar-refractivity contribution in [2.45, 2.75) is 31.7 Å². The first-order chi connectivity index (χ1) is 7.81. The summed E-state index contributed by atoms with van der Waals surface area (Å²) in [5.74, 6) is 0.0158. The normalized spacial score (nSPS) is 32.3. The molecule has 0 radical (unpaired) electrons. The smallest absolute Gasteiger partial charge is 0.309 e. The van der Waals surface area contributed by atoms with Gasteiger partial charge in [-0.2, -0.15) is 0 Å². The number of carbonyl (C=O) groups excluding carboxylic acids is 1. The lowest BCUT2D eigenvalue weighted by Crippen LogP contribution is -2.48. The Balaban J connectivity index is 1.87. The van der Waals surface area contributed by atoms with Crippen LogP contribution in [-0.2, 0) is 14.3 Å². The Morgan fingerprint density at radius 1 is 1.38 bits per heavy atom. The minimum atomic E-state index is -0.0542. The lowest BCUT2D eigenvalue weighted by molar-refractivity contribution is -0.148. The molecule has 2 aliphatic rings. The molecule has 0 aliphatic carbocycles. The van der Waals surface area contributed by atoms with E-state index in [4.69, 9.17) is 9.47 Å². The van der Waals surface area contributed by atoms with Gasteiger partial charge in [-0.05, 0) is 32.2 Å². The van der Waals surface area contributed by atoms with Gasteiger partial charge in [-0.25, -0.2) is 0 Å². The van der Waals surface area contributed by atoms with Gasteiger partial charge in [0.25, 0.3) is 0 Å². The van der Waals surface area contributed by atoms with Gasteiger partial charge in [0, 0.05) is 19.2 Å². The van der Waals surface area contributed by atoms with Crippen LogP contribution in [0.3, 0.4) is 0 Å². The van der Waals surface area contributed by atoms with Gasteiger partial charge in [0.15, 0.2) is 0 Å². The molecule has 2 fully saturated rings. The van der Waals surface area contributed by atoms with Crippen molar-refractivity contribution < 1.29 is 14.3 Å². The number of likely N-dealkylation sites (tertiary alicyclic amines) is 1. The zero-order valence-corrected chi connectivity index (χ0v) is 9.98. The summed E-state index contributed by atoms with van der Waals surface area (Å²) in [4.78, 5) is 13.9. The van der Waals surface area contributed by atoms with Crippen molar-refractivity contribution in [2.24, 2.45) is 5.92 Å². The minimum Gasteiger partial charge on any atom is -0.469 e. The van der Waals surface area contributed by atoms with E-state index < -0.39 is 0 Å². The molecule has 2 aliphatic heterocycles. The largest absolute Gasteiger partial charge is 0.469 e. The van der Waals surface area contributed by atoms with E-state index in [-0.39, 0.29) is 11.9 Å². The molecule has 0 amide bonds. The van der Waals surface area contributed by atoms with Gasteiger partial charge >= 0.3 is 5.97 Å². The van der Waals surface area contributed by atoms with E-state index in [9.17, 15) is 4.79 Å². The number of esters is 1. The summed E-state index contributed by atoms with van der Waals surface area (Å²) in [5, 5.41) is 0. The Morgan fingerprint density at radius 2 is 2.25 bits per heavy atom. The highest BCUT2D eigenvalue weighted by atomic mass is 16.5. The number of carbonyl (C=O) groups is 1. The average molecular weight is 227 g/mol. The molecule has 2 heterocycles. The summed E-state index contributed by atoms with van der Waals surface area (Å²) < 4.78 is 10.3. The molecule has 4 nitrogen and oxygen atoms in total. The number of ether oxygens (including phenoxy) is 2. The van der Waals surface area contributed by atoms with Crippen LogP contribution in [0.2, 0.25) is 0 Å². The molecule has 1 unspecified atom stereocenters. The van der Waals surface area contributed by atoms with E-state index in [1.807, 2.05) is 0 Å².